The molecule has 0 atom stereocenters. The molecular weight excluding hydrogens is 282 g/mol. The molecule has 0 saturated carbocycles. The van der Waals surface area contributed by atoms with Gasteiger partial charge in [-0.2, -0.15) is 0 Å². The molecule has 4 aromatic rings. The third-order valence-electron chi connectivity index (χ3n) is 3.23. The van der Waals surface area contributed by atoms with Crippen LogP contribution in [0, 0.1) is 0 Å². The van der Waals surface area contributed by atoms with Gasteiger partial charge in [0.1, 0.15) is 0 Å². The average Bonchev–Trinajstić information content (AvgIpc) is 3.06. The quantitative estimate of drug-likeness (QED) is 0.410. The first-order valence-electron chi connectivity index (χ1n) is 6.38. The van der Waals surface area contributed by atoms with Crippen molar-refractivity contribution in [1.82, 2.24) is 0 Å². The molecule has 4 rings (SSSR count). The molecule has 0 unspecified atom stereocenters. The van der Waals surface area contributed by atoms with Crippen molar-refractivity contribution in [3.63, 3.8) is 0 Å². The molecule has 2 heterocycles. The van der Waals surface area contributed by atoms with Crippen LogP contribution in [0.4, 0.5) is 5.69 Å². The Bertz CT molecular complexity index is 886. The molecule has 0 radical (unpaired) electrons. The summed E-state index contributed by atoms with van der Waals surface area (Å²) in [6, 6.07) is 19.0. The Morgan fingerprint density at radius 2 is 1.75 bits per heavy atom. The Morgan fingerprint density at radius 3 is 2.65 bits per heavy atom. The van der Waals surface area contributed by atoms with Gasteiger partial charge in [-0.1, -0.05) is 30.3 Å². The normalized spacial score (nSPS) is 11.8. The van der Waals surface area contributed by atoms with Gasteiger partial charge in [0.15, 0.2) is 0 Å². The molecular formula is C17H11NS2. The monoisotopic (exact) mass is 293 g/mol. The van der Waals surface area contributed by atoms with Crippen LogP contribution in [0.25, 0.3) is 20.2 Å². The summed E-state index contributed by atoms with van der Waals surface area (Å²) in [5, 5.41) is 4.61. The maximum absolute atomic E-state index is 4.59. The van der Waals surface area contributed by atoms with Crippen LogP contribution in [-0.4, -0.2) is 6.21 Å². The summed E-state index contributed by atoms with van der Waals surface area (Å²) in [6.07, 6.45) is 1.96. The molecule has 0 spiro atoms. The van der Waals surface area contributed by atoms with Crippen molar-refractivity contribution >= 4 is 54.7 Å². The lowest BCUT2D eigenvalue weighted by Gasteiger charge is -1.98. The lowest BCUT2D eigenvalue weighted by atomic mass is 10.1. The van der Waals surface area contributed by atoms with Crippen molar-refractivity contribution in [3.8, 4) is 0 Å². The molecule has 2 aromatic heterocycles. The maximum atomic E-state index is 4.59. The predicted molar refractivity (Wildman–Crippen MR) is 90.9 cm³/mol. The Kier molecular flexibility index (Phi) is 2.87. The van der Waals surface area contributed by atoms with E-state index in [0.717, 1.165) is 5.69 Å². The molecule has 1 nitrogen and oxygen atoms in total. The summed E-state index contributed by atoms with van der Waals surface area (Å²) in [7, 11) is 0. The minimum atomic E-state index is 1.00. The Labute approximate surface area is 124 Å². The fraction of sp³-hybridized carbons (Fsp3) is 0. The topological polar surface area (TPSA) is 12.4 Å². The summed E-state index contributed by atoms with van der Waals surface area (Å²) < 4.78 is 2.69. The van der Waals surface area contributed by atoms with E-state index in [-0.39, 0.29) is 0 Å². The number of hydrogen-bond acceptors (Lipinski definition) is 3. The molecule has 3 heteroatoms. The number of fused-ring (bicyclic) bond motifs is 2. The first-order valence-corrected chi connectivity index (χ1v) is 8.08. The smallest absolute Gasteiger partial charge is 0.0636 e. The van der Waals surface area contributed by atoms with E-state index < -0.39 is 0 Å². The molecule has 0 fully saturated rings. The molecule has 0 aliphatic rings. The van der Waals surface area contributed by atoms with E-state index in [1.807, 2.05) is 6.21 Å². The zero-order valence-corrected chi connectivity index (χ0v) is 12.2. The summed E-state index contributed by atoms with van der Waals surface area (Å²) in [6.45, 7) is 0. The zero-order chi connectivity index (χ0) is 13.4. The van der Waals surface area contributed by atoms with Gasteiger partial charge in [-0.15, -0.1) is 22.7 Å². The van der Waals surface area contributed by atoms with Crippen LogP contribution in [0.3, 0.4) is 0 Å². The molecule has 2 aromatic carbocycles. The summed E-state index contributed by atoms with van der Waals surface area (Å²) in [5.74, 6) is 0. The van der Waals surface area contributed by atoms with Gasteiger partial charge >= 0.3 is 0 Å². The van der Waals surface area contributed by atoms with Crippen LogP contribution < -0.4 is 0 Å². The highest BCUT2D eigenvalue weighted by molar-refractivity contribution is 7.27. The lowest BCUT2D eigenvalue weighted by molar-refractivity contribution is 1.56. The summed E-state index contributed by atoms with van der Waals surface area (Å²) in [5.41, 5.74) is 1.00. The van der Waals surface area contributed by atoms with Gasteiger partial charge in [0.25, 0.3) is 0 Å². The zero-order valence-electron chi connectivity index (χ0n) is 10.6. The second-order valence-electron chi connectivity index (χ2n) is 4.59. The van der Waals surface area contributed by atoms with Crippen molar-refractivity contribution < 1.29 is 0 Å². The van der Waals surface area contributed by atoms with Crippen molar-refractivity contribution in [3.05, 3.63) is 64.9 Å². The minimum Gasteiger partial charge on any atom is -0.255 e. The van der Waals surface area contributed by atoms with E-state index in [2.05, 4.69) is 65.0 Å². The first-order chi connectivity index (χ1) is 9.88. The second-order valence-corrected chi connectivity index (χ2v) is 6.65. The molecule has 0 bridgehead atoms. The van der Waals surface area contributed by atoms with Gasteiger partial charge < -0.3 is 0 Å². The molecule has 0 N–H and O–H groups in total. The highest BCUT2D eigenvalue weighted by Crippen LogP contribution is 2.29. The van der Waals surface area contributed by atoms with Crippen LogP contribution in [0.15, 0.2) is 65.0 Å². The standard InChI is InChI=1S/C17H11NS2/c1-2-4-13-9-14(6-5-12(13)3-1)18-11-15-10-17-16(20-15)7-8-19-17/h1-11H. The lowest BCUT2D eigenvalue weighted by Crippen LogP contribution is -1.74. The Hall–Kier alpha value is -1.97. The molecule has 20 heavy (non-hydrogen) atoms. The molecule has 0 aliphatic heterocycles. The van der Waals surface area contributed by atoms with Crippen molar-refractivity contribution in [2.45, 2.75) is 0 Å². The van der Waals surface area contributed by atoms with Crippen LogP contribution >= 0.6 is 22.7 Å². The van der Waals surface area contributed by atoms with E-state index in [1.165, 1.54) is 25.0 Å². The fourth-order valence-corrected chi connectivity index (χ4v) is 4.23. The van der Waals surface area contributed by atoms with E-state index in [9.17, 15) is 0 Å². The van der Waals surface area contributed by atoms with Gasteiger partial charge in [-0.25, -0.2) is 0 Å². The van der Waals surface area contributed by atoms with E-state index >= 15 is 0 Å². The highest BCUT2D eigenvalue weighted by Gasteiger charge is 2.00. The average molecular weight is 293 g/mol. The number of benzene rings is 2. The van der Waals surface area contributed by atoms with Crippen LogP contribution in [0.5, 0.6) is 0 Å². The number of rotatable bonds is 2. The van der Waals surface area contributed by atoms with Crippen LogP contribution in [0.2, 0.25) is 0 Å². The maximum Gasteiger partial charge on any atom is 0.0636 e. The number of nitrogens with zero attached hydrogens (tertiary/aromatic N) is 1. The Morgan fingerprint density at radius 1 is 0.850 bits per heavy atom. The number of thiophene rings is 2. The van der Waals surface area contributed by atoms with E-state index in [0.29, 0.717) is 0 Å². The van der Waals surface area contributed by atoms with Gasteiger partial charge in [-0.3, -0.25) is 4.99 Å². The SMILES string of the molecule is C(=Nc1ccc2ccccc2c1)c1cc2sccc2s1. The van der Waals surface area contributed by atoms with Crippen molar-refractivity contribution in [2.24, 2.45) is 4.99 Å². The first kappa shape index (κ1) is 11.8. The largest absolute Gasteiger partial charge is 0.255 e. The van der Waals surface area contributed by atoms with Gasteiger partial charge in [0, 0.05) is 20.5 Å². The van der Waals surface area contributed by atoms with Gasteiger partial charge in [-0.05, 0) is 40.4 Å². The molecule has 96 valence electrons. The van der Waals surface area contributed by atoms with Crippen molar-refractivity contribution in [1.29, 1.82) is 0 Å². The van der Waals surface area contributed by atoms with Crippen molar-refractivity contribution in [2.75, 3.05) is 0 Å². The van der Waals surface area contributed by atoms with Gasteiger partial charge in [0.2, 0.25) is 0 Å². The molecule has 0 amide bonds. The predicted octanol–water partition coefficient (Wildman–Crippen LogP) is 5.87. The minimum absolute atomic E-state index is 1.00. The third kappa shape index (κ3) is 2.15. The van der Waals surface area contributed by atoms with E-state index in [4.69, 9.17) is 0 Å². The molecule has 0 saturated heterocycles. The number of aliphatic imine (C=N–C) groups is 1. The Balaban J connectivity index is 1.69. The molecule has 0 aliphatic carbocycles. The van der Waals surface area contributed by atoms with Crippen LogP contribution in [0.1, 0.15) is 4.88 Å². The second kappa shape index (κ2) is 4.85. The third-order valence-corrected chi connectivity index (χ3v) is 5.26. The van der Waals surface area contributed by atoms with Gasteiger partial charge in [0.05, 0.1) is 5.69 Å². The fourth-order valence-electron chi connectivity index (χ4n) is 2.24. The summed E-state index contributed by atoms with van der Waals surface area (Å²) in [4.78, 5) is 5.80. The van der Waals surface area contributed by atoms with E-state index in [1.54, 1.807) is 22.7 Å². The summed E-state index contributed by atoms with van der Waals surface area (Å²) >= 11 is 3.57. The number of hydrogen-bond donors (Lipinski definition) is 0. The van der Waals surface area contributed by atoms with Crippen LogP contribution in [-0.2, 0) is 0 Å². The highest BCUT2D eigenvalue weighted by atomic mass is 32.1.